The van der Waals surface area contributed by atoms with Crippen molar-refractivity contribution >= 4 is 28.9 Å². The van der Waals surface area contributed by atoms with Crippen LogP contribution >= 0.6 is 0 Å². The van der Waals surface area contributed by atoms with Crippen molar-refractivity contribution in [3.63, 3.8) is 0 Å². The molecular formula is C16H31O2Sn. The Kier molecular flexibility index (Phi) is 16.6. The Hall–Kier alpha value is 0.269. The van der Waals surface area contributed by atoms with E-state index >= 15 is 0 Å². The van der Waals surface area contributed by atoms with Crippen molar-refractivity contribution < 1.29 is 7.87 Å². The van der Waals surface area contributed by atoms with Gasteiger partial charge in [0, 0.05) is 0 Å². The number of rotatable bonds is 14. The number of unbranched alkanes of at least 4 members (excludes halogenated alkanes) is 12. The van der Waals surface area contributed by atoms with Crippen LogP contribution in [0.25, 0.3) is 0 Å². The van der Waals surface area contributed by atoms with Crippen molar-refractivity contribution in [1.82, 2.24) is 0 Å². The Morgan fingerprint density at radius 2 is 1.11 bits per heavy atom. The SMILES string of the molecule is CCCCCCCCCCCCCCCC(=O)[O][Sn]. The second-order valence-corrected chi connectivity index (χ2v) is 6.05. The standard InChI is InChI=1S/C16H32O2.Sn/c1-2-3-4-5-6-7-8-9-10-11-12-13-14-15-16(17)18;/h2-15H2,1H3,(H,17,18);/q;+1/p-1. The van der Waals surface area contributed by atoms with Crippen molar-refractivity contribution in [1.29, 1.82) is 0 Å². The third-order valence-electron chi connectivity index (χ3n) is 3.60. The summed E-state index contributed by atoms with van der Waals surface area (Å²) in [6, 6.07) is 0. The molecule has 0 saturated carbocycles. The van der Waals surface area contributed by atoms with Gasteiger partial charge < -0.3 is 0 Å². The zero-order valence-electron chi connectivity index (χ0n) is 12.7. The second-order valence-electron chi connectivity index (χ2n) is 5.47. The number of carbonyl (C=O) groups is 1. The predicted octanol–water partition coefficient (Wildman–Crippen LogP) is 5.09. The maximum atomic E-state index is 10.9. The van der Waals surface area contributed by atoms with Gasteiger partial charge in [-0.05, 0) is 0 Å². The fraction of sp³-hybridized carbons (Fsp3) is 0.938. The minimum atomic E-state index is -0.0266. The quantitative estimate of drug-likeness (QED) is 0.313. The van der Waals surface area contributed by atoms with Crippen molar-refractivity contribution in [2.75, 3.05) is 0 Å². The van der Waals surface area contributed by atoms with E-state index in [-0.39, 0.29) is 5.97 Å². The van der Waals surface area contributed by atoms with E-state index < -0.39 is 0 Å². The Labute approximate surface area is 133 Å². The van der Waals surface area contributed by atoms with E-state index in [2.05, 4.69) is 6.92 Å². The number of hydrogen-bond donors (Lipinski definition) is 0. The van der Waals surface area contributed by atoms with Crippen LogP contribution in [0, 0.1) is 0 Å². The molecule has 0 N–H and O–H groups in total. The first kappa shape index (κ1) is 19.3. The van der Waals surface area contributed by atoms with Crippen molar-refractivity contribution in [3.05, 3.63) is 0 Å². The van der Waals surface area contributed by atoms with E-state index in [1.54, 1.807) is 0 Å². The summed E-state index contributed by atoms with van der Waals surface area (Å²) in [7, 11) is 0. The summed E-state index contributed by atoms with van der Waals surface area (Å²) in [5, 5.41) is 0. The van der Waals surface area contributed by atoms with Gasteiger partial charge >= 0.3 is 101 Å². The van der Waals surface area contributed by atoms with Gasteiger partial charge in [0.2, 0.25) is 0 Å². The van der Waals surface area contributed by atoms with Crippen molar-refractivity contribution in [3.8, 4) is 0 Å². The van der Waals surface area contributed by atoms with Crippen LogP contribution in [0.2, 0.25) is 0 Å². The molecule has 0 aromatic rings. The Balaban J connectivity index is 2.97. The summed E-state index contributed by atoms with van der Waals surface area (Å²) < 4.78 is 4.71. The topological polar surface area (TPSA) is 26.3 Å². The fourth-order valence-electron chi connectivity index (χ4n) is 2.34. The third-order valence-corrected chi connectivity index (χ3v) is 4.25. The molecule has 2 nitrogen and oxygen atoms in total. The van der Waals surface area contributed by atoms with Crippen LogP contribution in [0.3, 0.4) is 0 Å². The normalized spacial score (nSPS) is 10.6. The van der Waals surface area contributed by atoms with Crippen LogP contribution in [0.5, 0.6) is 0 Å². The molecule has 111 valence electrons. The molecule has 0 spiro atoms. The van der Waals surface area contributed by atoms with E-state index in [1.165, 1.54) is 77.0 Å². The molecule has 3 radical (unpaired) electrons. The molecule has 0 aromatic carbocycles. The molecule has 0 heterocycles. The van der Waals surface area contributed by atoms with Gasteiger partial charge in [-0.2, -0.15) is 0 Å². The van der Waals surface area contributed by atoms with Gasteiger partial charge in [0.1, 0.15) is 0 Å². The molecule has 0 saturated heterocycles. The van der Waals surface area contributed by atoms with Gasteiger partial charge in [-0.3, -0.25) is 0 Å². The molecule has 0 amide bonds. The summed E-state index contributed by atoms with van der Waals surface area (Å²) in [6.45, 7) is 2.27. The van der Waals surface area contributed by atoms with E-state index in [4.69, 9.17) is 3.07 Å². The fourth-order valence-corrected chi connectivity index (χ4v) is 2.63. The van der Waals surface area contributed by atoms with E-state index in [9.17, 15) is 4.79 Å². The second kappa shape index (κ2) is 16.3. The van der Waals surface area contributed by atoms with Gasteiger partial charge in [0.05, 0.1) is 0 Å². The maximum absolute atomic E-state index is 10.9. The first-order valence-electron chi connectivity index (χ1n) is 8.17. The molecule has 0 bridgehead atoms. The van der Waals surface area contributed by atoms with Gasteiger partial charge in [0.15, 0.2) is 0 Å². The molecule has 0 fully saturated rings. The van der Waals surface area contributed by atoms with Crippen LogP contribution in [-0.4, -0.2) is 28.9 Å². The zero-order chi connectivity index (χ0) is 14.2. The van der Waals surface area contributed by atoms with Crippen molar-refractivity contribution in [2.45, 2.75) is 96.8 Å². The molecule has 0 rings (SSSR count). The number of hydrogen-bond acceptors (Lipinski definition) is 2. The molecule has 3 heteroatoms. The molecule has 0 aliphatic rings. The first-order chi connectivity index (χ1) is 9.31. The Bertz CT molecular complexity index is 195. The molecule has 0 aliphatic heterocycles. The van der Waals surface area contributed by atoms with Gasteiger partial charge in [-0.25, -0.2) is 0 Å². The summed E-state index contributed by atoms with van der Waals surface area (Å²) in [5.74, 6) is -0.0266. The van der Waals surface area contributed by atoms with E-state index in [1.807, 2.05) is 0 Å². The Morgan fingerprint density at radius 1 is 0.737 bits per heavy atom. The van der Waals surface area contributed by atoms with Crippen LogP contribution in [0.4, 0.5) is 0 Å². The van der Waals surface area contributed by atoms with Gasteiger partial charge in [-0.1, -0.05) is 32.6 Å². The summed E-state index contributed by atoms with van der Waals surface area (Å²) >= 11 is 0.868. The Morgan fingerprint density at radius 3 is 1.47 bits per heavy atom. The summed E-state index contributed by atoms with van der Waals surface area (Å²) in [6.07, 6.45) is 18.1. The van der Waals surface area contributed by atoms with Gasteiger partial charge in [-0.15, -0.1) is 0 Å². The van der Waals surface area contributed by atoms with Crippen LogP contribution in [0.15, 0.2) is 0 Å². The molecule has 0 aliphatic carbocycles. The molecule has 0 aromatic heterocycles. The molecule has 0 unspecified atom stereocenters. The minimum absolute atomic E-state index is 0.0266. The first-order valence-corrected chi connectivity index (χ1v) is 9.34. The van der Waals surface area contributed by atoms with Crippen LogP contribution < -0.4 is 0 Å². The van der Waals surface area contributed by atoms with Crippen LogP contribution in [0.1, 0.15) is 96.8 Å². The summed E-state index contributed by atoms with van der Waals surface area (Å²) in [5.41, 5.74) is 0. The van der Waals surface area contributed by atoms with Gasteiger partial charge in [0.25, 0.3) is 0 Å². The zero-order valence-corrected chi connectivity index (χ0v) is 15.6. The monoisotopic (exact) mass is 375 g/mol. The number of carbonyl (C=O) groups excluding carboxylic acids is 1. The average Bonchev–Trinajstić information content (AvgIpc) is 2.43. The summed E-state index contributed by atoms with van der Waals surface area (Å²) in [4.78, 5) is 10.9. The van der Waals surface area contributed by atoms with E-state index in [0.29, 0.717) is 6.42 Å². The predicted molar refractivity (Wildman–Crippen MR) is 82.2 cm³/mol. The third kappa shape index (κ3) is 16.2. The molecular weight excluding hydrogens is 343 g/mol. The molecule has 0 atom stereocenters. The van der Waals surface area contributed by atoms with E-state index in [0.717, 1.165) is 29.4 Å². The molecule has 19 heavy (non-hydrogen) atoms. The van der Waals surface area contributed by atoms with Crippen LogP contribution in [-0.2, 0) is 7.87 Å². The van der Waals surface area contributed by atoms with Crippen molar-refractivity contribution in [2.24, 2.45) is 0 Å². The average molecular weight is 374 g/mol.